The van der Waals surface area contributed by atoms with E-state index in [2.05, 4.69) is 12.1 Å². The molecule has 3 heteroatoms. The van der Waals surface area contributed by atoms with Gasteiger partial charge in [0.25, 0.3) is 0 Å². The second kappa shape index (κ2) is 4.57. The van der Waals surface area contributed by atoms with Gasteiger partial charge >= 0.3 is 0 Å². The zero-order valence-corrected chi connectivity index (χ0v) is 13.0. The SMILES string of the molecule is NC1(N)c2c(ccc3ccccc23)Oc2ccc3ccccc3c21. The molecule has 1 aliphatic heterocycles. The summed E-state index contributed by atoms with van der Waals surface area (Å²) in [5, 5.41) is 4.25. The highest BCUT2D eigenvalue weighted by Gasteiger charge is 2.38. The van der Waals surface area contributed by atoms with Crippen molar-refractivity contribution in [3.63, 3.8) is 0 Å². The molecule has 116 valence electrons. The van der Waals surface area contributed by atoms with Crippen LogP contribution in [0.5, 0.6) is 11.5 Å². The Kier molecular flexibility index (Phi) is 2.58. The summed E-state index contributed by atoms with van der Waals surface area (Å²) in [5.74, 6) is 1.45. The zero-order valence-electron chi connectivity index (χ0n) is 13.0. The Balaban J connectivity index is 1.92. The molecule has 0 aromatic heterocycles. The lowest BCUT2D eigenvalue weighted by molar-refractivity contribution is 0.407. The Morgan fingerprint density at radius 2 is 1.04 bits per heavy atom. The van der Waals surface area contributed by atoms with Crippen molar-refractivity contribution in [3.05, 3.63) is 83.9 Å². The molecule has 0 aliphatic carbocycles. The van der Waals surface area contributed by atoms with Gasteiger partial charge in [-0.15, -0.1) is 0 Å². The highest BCUT2D eigenvalue weighted by Crippen LogP contribution is 2.48. The van der Waals surface area contributed by atoms with Gasteiger partial charge in [-0.2, -0.15) is 0 Å². The first kappa shape index (κ1) is 13.5. The van der Waals surface area contributed by atoms with Crippen LogP contribution in [0.3, 0.4) is 0 Å². The fourth-order valence-electron chi connectivity index (χ4n) is 3.77. The number of ether oxygens (including phenoxy) is 1. The maximum absolute atomic E-state index is 6.73. The second-order valence-corrected chi connectivity index (χ2v) is 6.29. The van der Waals surface area contributed by atoms with E-state index in [1.165, 1.54) is 0 Å². The summed E-state index contributed by atoms with van der Waals surface area (Å²) in [6, 6.07) is 24.2. The van der Waals surface area contributed by atoms with Gasteiger partial charge < -0.3 is 16.2 Å². The predicted octanol–water partition coefficient (Wildman–Crippen LogP) is 4.22. The first-order valence-electron chi connectivity index (χ1n) is 7.96. The van der Waals surface area contributed by atoms with Crippen LogP contribution in [0.2, 0.25) is 0 Å². The molecule has 3 nitrogen and oxygen atoms in total. The first-order chi connectivity index (χ1) is 11.7. The van der Waals surface area contributed by atoms with E-state index in [-0.39, 0.29) is 0 Å². The summed E-state index contributed by atoms with van der Waals surface area (Å²) in [5.41, 5.74) is 14.0. The van der Waals surface area contributed by atoms with Crippen molar-refractivity contribution in [3.8, 4) is 11.5 Å². The summed E-state index contributed by atoms with van der Waals surface area (Å²) >= 11 is 0. The van der Waals surface area contributed by atoms with Crippen LogP contribution >= 0.6 is 0 Å². The van der Waals surface area contributed by atoms with E-state index < -0.39 is 5.66 Å². The second-order valence-electron chi connectivity index (χ2n) is 6.29. The first-order valence-corrected chi connectivity index (χ1v) is 7.96. The summed E-state index contributed by atoms with van der Waals surface area (Å²) in [6.45, 7) is 0. The van der Waals surface area contributed by atoms with Crippen LogP contribution in [0.1, 0.15) is 11.1 Å². The Bertz CT molecular complexity index is 1030. The quantitative estimate of drug-likeness (QED) is 0.478. The molecule has 24 heavy (non-hydrogen) atoms. The van der Waals surface area contributed by atoms with Crippen molar-refractivity contribution >= 4 is 21.5 Å². The fraction of sp³-hybridized carbons (Fsp3) is 0.0476. The third-order valence-corrected chi connectivity index (χ3v) is 4.83. The Morgan fingerprint density at radius 1 is 0.583 bits per heavy atom. The molecule has 0 unspecified atom stereocenters. The molecule has 1 aliphatic rings. The summed E-state index contributed by atoms with van der Waals surface area (Å²) < 4.78 is 6.17. The minimum Gasteiger partial charge on any atom is -0.456 e. The van der Waals surface area contributed by atoms with E-state index in [1.54, 1.807) is 0 Å². The number of hydrogen-bond donors (Lipinski definition) is 2. The lowest BCUT2D eigenvalue weighted by atomic mass is 9.83. The molecular formula is C21H16N2O. The van der Waals surface area contributed by atoms with Crippen molar-refractivity contribution in [1.82, 2.24) is 0 Å². The van der Waals surface area contributed by atoms with Gasteiger partial charge in [-0.05, 0) is 33.7 Å². The highest BCUT2D eigenvalue weighted by atomic mass is 16.5. The third kappa shape index (κ3) is 1.68. The molecule has 5 rings (SSSR count). The smallest absolute Gasteiger partial charge is 0.134 e. The molecule has 0 amide bonds. The van der Waals surface area contributed by atoms with E-state index in [1.807, 2.05) is 60.7 Å². The molecule has 0 saturated carbocycles. The van der Waals surface area contributed by atoms with Crippen molar-refractivity contribution in [2.24, 2.45) is 11.5 Å². The van der Waals surface area contributed by atoms with Gasteiger partial charge in [-0.1, -0.05) is 60.7 Å². The highest BCUT2D eigenvalue weighted by molar-refractivity contribution is 5.94. The van der Waals surface area contributed by atoms with Crippen LogP contribution in [0.4, 0.5) is 0 Å². The van der Waals surface area contributed by atoms with Gasteiger partial charge in [-0.25, -0.2) is 0 Å². The summed E-state index contributed by atoms with van der Waals surface area (Å²) in [7, 11) is 0. The molecule has 4 aromatic carbocycles. The molecule has 4 aromatic rings. The minimum absolute atomic E-state index is 0.724. The average Bonchev–Trinajstić information content (AvgIpc) is 2.60. The molecule has 0 spiro atoms. The van der Waals surface area contributed by atoms with Gasteiger partial charge in [0.1, 0.15) is 17.2 Å². The van der Waals surface area contributed by atoms with Crippen molar-refractivity contribution < 1.29 is 4.74 Å². The van der Waals surface area contributed by atoms with Crippen molar-refractivity contribution in [2.45, 2.75) is 5.66 Å². The van der Waals surface area contributed by atoms with Crippen LogP contribution in [0.15, 0.2) is 72.8 Å². The van der Waals surface area contributed by atoms with Gasteiger partial charge in [-0.3, -0.25) is 0 Å². The largest absolute Gasteiger partial charge is 0.456 e. The lowest BCUT2D eigenvalue weighted by Crippen LogP contribution is -2.49. The van der Waals surface area contributed by atoms with Crippen LogP contribution < -0.4 is 16.2 Å². The molecule has 0 saturated heterocycles. The maximum Gasteiger partial charge on any atom is 0.134 e. The monoisotopic (exact) mass is 312 g/mol. The number of rotatable bonds is 0. The molecule has 0 radical (unpaired) electrons. The Hall–Kier alpha value is -2.88. The molecule has 1 heterocycles. The topological polar surface area (TPSA) is 61.3 Å². The van der Waals surface area contributed by atoms with E-state index in [0.717, 1.165) is 44.2 Å². The van der Waals surface area contributed by atoms with Gasteiger partial charge in [0.05, 0.1) is 0 Å². The normalized spacial score (nSPS) is 14.9. The van der Waals surface area contributed by atoms with E-state index >= 15 is 0 Å². The number of fused-ring (bicyclic) bond motifs is 6. The van der Waals surface area contributed by atoms with E-state index in [0.29, 0.717) is 0 Å². The zero-order chi connectivity index (χ0) is 16.3. The molecule has 0 fully saturated rings. The van der Waals surface area contributed by atoms with Crippen LogP contribution in [-0.4, -0.2) is 0 Å². The van der Waals surface area contributed by atoms with Gasteiger partial charge in [0.2, 0.25) is 0 Å². The van der Waals surface area contributed by atoms with E-state index in [4.69, 9.17) is 16.2 Å². The summed E-state index contributed by atoms with van der Waals surface area (Å²) in [6.07, 6.45) is 0. The van der Waals surface area contributed by atoms with Crippen LogP contribution in [-0.2, 0) is 5.66 Å². The Morgan fingerprint density at radius 3 is 1.54 bits per heavy atom. The number of hydrogen-bond acceptors (Lipinski definition) is 3. The predicted molar refractivity (Wildman–Crippen MR) is 97.1 cm³/mol. The van der Waals surface area contributed by atoms with Crippen LogP contribution in [0.25, 0.3) is 21.5 Å². The van der Waals surface area contributed by atoms with Crippen LogP contribution in [0, 0.1) is 0 Å². The summed E-state index contributed by atoms with van der Waals surface area (Å²) in [4.78, 5) is 0. The third-order valence-electron chi connectivity index (χ3n) is 4.83. The average molecular weight is 312 g/mol. The molecule has 0 bridgehead atoms. The number of nitrogens with two attached hydrogens (primary N) is 2. The van der Waals surface area contributed by atoms with Gasteiger partial charge in [0.15, 0.2) is 0 Å². The fourth-order valence-corrected chi connectivity index (χ4v) is 3.77. The van der Waals surface area contributed by atoms with Gasteiger partial charge in [0, 0.05) is 11.1 Å². The minimum atomic E-state index is -1.12. The van der Waals surface area contributed by atoms with E-state index in [9.17, 15) is 0 Å². The molecule has 4 N–H and O–H groups in total. The maximum atomic E-state index is 6.73. The standard InChI is InChI=1S/C21H16N2O/c22-21(23)19-15-7-3-1-5-13(15)9-11-17(19)24-18-12-10-14-6-2-4-8-16(14)20(18)21/h1-12H,22-23H2. The Labute approximate surface area is 139 Å². The van der Waals surface area contributed by atoms with Crippen molar-refractivity contribution in [1.29, 1.82) is 0 Å². The number of benzene rings is 4. The molecule has 0 atom stereocenters. The van der Waals surface area contributed by atoms with Crippen molar-refractivity contribution in [2.75, 3.05) is 0 Å². The molecular weight excluding hydrogens is 296 g/mol. The lowest BCUT2D eigenvalue weighted by Gasteiger charge is -2.35.